The van der Waals surface area contributed by atoms with Gasteiger partial charge in [-0.25, -0.2) is 0 Å². The molecule has 196 valence electrons. The zero-order chi connectivity index (χ0) is 26.8. The fraction of sp³-hybridized carbons (Fsp3) is 0.290. The van der Waals surface area contributed by atoms with E-state index in [4.69, 9.17) is 23.2 Å². The first-order valence-electron chi connectivity index (χ1n) is 12.9. The number of thiophene rings is 1. The van der Waals surface area contributed by atoms with Crippen molar-refractivity contribution < 1.29 is 9.59 Å². The molecule has 0 bridgehead atoms. The van der Waals surface area contributed by atoms with E-state index in [-0.39, 0.29) is 24.4 Å². The van der Waals surface area contributed by atoms with E-state index in [9.17, 15) is 9.59 Å². The zero-order valence-electron chi connectivity index (χ0n) is 21.5. The summed E-state index contributed by atoms with van der Waals surface area (Å²) < 4.78 is 0. The van der Waals surface area contributed by atoms with Crippen LogP contribution in [0.4, 0.5) is 0 Å². The fourth-order valence-electron chi connectivity index (χ4n) is 5.07. The number of halogens is 2. The number of nitrogens with zero attached hydrogens (tertiary/aromatic N) is 2. The quantitative estimate of drug-likeness (QED) is 0.229. The van der Waals surface area contributed by atoms with E-state index in [0.717, 1.165) is 34.7 Å². The van der Waals surface area contributed by atoms with Crippen molar-refractivity contribution in [2.75, 3.05) is 19.6 Å². The second-order valence-electron chi connectivity index (χ2n) is 10.2. The lowest BCUT2D eigenvalue weighted by Gasteiger charge is -2.38. The second-order valence-corrected chi connectivity index (χ2v) is 12.0. The molecule has 1 aliphatic rings. The molecule has 0 N–H and O–H groups in total. The molecule has 1 aromatic heterocycles. The molecule has 1 aliphatic heterocycles. The summed E-state index contributed by atoms with van der Waals surface area (Å²) in [5.74, 6) is 0.191. The SMILES string of the molecule is CC(C)CCN(CC(=O)N1CCc2sccc2[C@H]1c1ccc(Cl)cc1Cl)C(=O)c1ccc2ccccc2c1. The average molecular weight is 566 g/mol. The number of fused-ring (bicyclic) bond motifs is 2. The minimum Gasteiger partial charge on any atom is -0.330 e. The third-order valence-corrected chi connectivity index (χ3v) is 8.69. The molecule has 2 amide bonds. The van der Waals surface area contributed by atoms with Crippen molar-refractivity contribution in [1.82, 2.24) is 9.80 Å². The molecule has 0 fully saturated rings. The first-order valence-corrected chi connectivity index (χ1v) is 14.5. The molecule has 4 aromatic rings. The fourth-order valence-corrected chi connectivity index (χ4v) is 6.48. The lowest BCUT2D eigenvalue weighted by atomic mass is 9.93. The van der Waals surface area contributed by atoms with E-state index < -0.39 is 0 Å². The Morgan fingerprint density at radius 2 is 1.79 bits per heavy atom. The van der Waals surface area contributed by atoms with Crippen molar-refractivity contribution in [3.05, 3.63) is 104 Å². The summed E-state index contributed by atoms with van der Waals surface area (Å²) in [6, 6.07) is 20.9. The maximum atomic E-state index is 14.0. The lowest BCUT2D eigenvalue weighted by molar-refractivity contribution is -0.134. The first kappa shape index (κ1) is 26.7. The van der Waals surface area contributed by atoms with Crippen LogP contribution < -0.4 is 0 Å². The topological polar surface area (TPSA) is 40.6 Å². The molecule has 5 rings (SSSR count). The molecule has 0 saturated heterocycles. The minimum atomic E-state index is -0.315. The summed E-state index contributed by atoms with van der Waals surface area (Å²) in [5, 5.41) is 5.23. The van der Waals surface area contributed by atoms with Crippen LogP contribution >= 0.6 is 34.5 Å². The van der Waals surface area contributed by atoms with E-state index in [1.807, 2.05) is 59.5 Å². The van der Waals surface area contributed by atoms with Gasteiger partial charge >= 0.3 is 0 Å². The maximum absolute atomic E-state index is 14.0. The van der Waals surface area contributed by atoms with Crippen LogP contribution in [0.1, 0.15) is 52.7 Å². The molecule has 0 spiro atoms. The van der Waals surface area contributed by atoms with Crippen LogP contribution in [-0.4, -0.2) is 41.2 Å². The molecule has 7 heteroatoms. The summed E-state index contributed by atoms with van der Waals surface area (Å²) in [4.78, 5) is 32.5. The first-order chi connectivity index (χ1) is 18.3. The summed E-state index contributed by atoms with van der Waals surface area (Å²) >= 11 is 14.5. The Hall–Kier alpha value is -2.86. The van der Waals surface area contributed by atoms with Gasteiger partial charge in [-0.1, -0.05) is 73.4 Å². The van der Waals surface area contributed by atoms with Gasteiger partial charge in [0.2, 0.25) is 5.91 Å². The van der Waals surface area contributed by atoms with Crippen LogP contribution in [0, 0.1) is 5.92 Å². The van der Waals surface area contributed by atoms with Crippen LogP contribution in [0.15, 0.2) is 72.1 Å². The Labute approximate surface area is 237 Å². The molecular formula is C31H30Cl2N2O2S. The predicted octanol–water partition coefficient (Wildman–Crippen LogP) is 7.87. The zero-order valence-corrected chi connectivity index (χ0v) is 23.8. The highest BCUT2D eigenvalue weighted by Gasteiger charge is 2.35. The van der Waals surface area contributed by atoms with Gasteiger partial charge in [0.1, 0.15) is 6.54 Å². The summed E-state index contributed by atoms with van der Waals surface area (Å²) in [7, 11) is 0. The molecule has 0 radical (unpaired) electrons. The van der Waals surface area contributed by atoms with Gasteiger partial charge in [-0.3, -0.25) is 9.59 Å². The van der Waals surface area contributed by atoms with Gasteiger partial charge in [-0.05, 0) is 76.4 Å². The molecule has 2 heterocycles. The standard InChI is InChI=1S/C31H30Cl2N2O2S/c1-20(2)11-14-34(31(37)23-8-7-21-5-3-4-6-22(21)17-23)19-29(36)35-15-12-28-26(13-16-38-28)30(35)25-10-9-24(32)18-27(25)33/h3-10,13,16-18,20,30H,11-12,14-15,19H2,1-2H3/t30-/m1/s1. The Bertz CT molecular complexity index is 1480. The normalized spacial score (nSPS) is 15.1. The third kappa shape index (κ3) is 5.61. The Balaban J connectivity index is 1.45. The van der Waals surface area contributed by atoms with Gasteiger partial charge in [-0.15, -0.1) is 11.3 Å². The molecule has 1 atom stereocenters. The van der Waals surface area contributed by atoms with Gasteiger partial charge in [0.25, 0.3) is 5.91 Å². The summed E-state index contributed by atoms with van der Waals surface area (Å²) in [5.41, 5.74) is 2.53. The highest BCUT2D eigenvalue weighted by Crippen LogP contribution is 2.41. The summed E-state index contributed by atoms with van der Waals surface area (Å²) in [6.07, 6.45) is 1.60. The Morgan fingerprint density at radius 3 is 2.55 bits per heavy atom. The number of carbonyl (C=O) groups excluding carboxylic acids is 2. The van der Waals surface area contributed by atoms with Crippen molar-refractivity contribution in [3.63, 3.8) is 0 Å². The molecule has 0 aliphatic carbocycles. The highest BCUT2D eigenvalue weighted by molar-refractivity contribution is 7.10. The maximum Gasteiger partial charge on any atom is 0.254 e. The van der Waals surface area contributed by atoms with Crippen molar-refractivity contribution in [2.24, 2.45) is 5.92 Å². The van der Waals surface area contributed by atoms with Crippen molar-refractivity contribution in [3.8, 4) is 0 Å². The molecule has 4 nitrogen and oxygen atoms in total. The van der Waals surface area contributed by atoms with E-state index in [0.29, 0.717) is 34.6 Å². The minimum absolute atomic E-state index is 0.0135. The Kier molecular flexibility index (Phi) is 8.08. The van der Waals surface area contributed by atoms with Gasteiger partial charge in [0, 0.05) is 33.6 Å². The number of carbonyl (C=O) groups is 2. The van der Waals surface area contributed by atoms with Crippen molar-refractivity contribution in [1.29, 1.82) is 0 Å². The largest absolute Gasteiger partial charge is 0.330 e. The molecule has 0 unspecified atom stereocenters. The van der Waals surface area contributed by atoms with Crippen molar-refractivity contribution in [2.45, 2.75) is 32.7 Å². The molecule has 38 heavy (non-hydrogen) atoms. The van der Waals surface area contributed by atoms with Crippen LogP contribution in [0.5, 0.6) is 0 Å². The number of hydrogen-bond donors (Lipinski definition) is 0. The van der Waals surface area contributed by atoms with Crippen LogP contribution in [0.2, 0.25) is 10.0 Å². The average Bonchev–Trinajstić information content (AvgIpc) is 3.39. The lowest BCUT2D eigenvalue weighted by Crippen LogP contribution is -2.47. The molecule has 3 aromatic carbocycles. The highest BCUT2D eigenvalue weighted by atomic mass is 35.5. The van der Waals surface area contributed by atoms with Crippen LogP contribution in [0.3, 0.4) is 0 Å². The predicted molar refractivity (Wildman–Crippen MR) is 157 cm³/mol. The van der Waals surface area contributed by atoms with Gasteiger partial charge in [0.05, 0.1) is 6.04 Å². The second kappa shape index (κ2) is 11.5. The Morgan fingerprint density at radius 1 is 1.00 bits per heavy atom. The smallest absolute Gasteiger partial charge is 0.254 e. The summed E-state index contributed by atoms with van der Waals surface area (Å²) in [6.45, 7) is 5.35. The van der Waals surface area contributed by atoms with Gasteiger partial charge in [0.15, 0.2) is 0 Å². The molecular weight excluding hydrogens is 535 g/mol. The van der Waals surface area contributed by atoms with E-state index in [1.165, 1.54) is 4.88 Å². The third-order valence-electron chi connectivity index (χ3n) is 7.13. The molecule has 0 saturated carbocycles. The van der Waals surface area contributed by atoms with Gasteiger partial charge < -0.3 is 9.80 Å². The van der Waals surface area contributed by atoms with Crippen LogP contribution in [-0.2, 0) is 11.2 Å². The van der Waals surface area contributed by atoms with E-state index in [1.54, 1.807) is 22.3 Å². The van der Waals surface area contributed by atoms with Crippen molar-refractivity contribution >= 4 is 57.1 Å². The monoisotopic (exact) mass is 564 g/mol. The van der Waals surface area contributed by atoms with E-state index >= 15 is 0 Å². The number of rotatable bonds is 7. The van der Waals surface area contributed by atoms with Gasteiger partial charge in [-0.2, -0.15) is 0 Å². The number of hydrogen-bond acceptors (Lipinski definition) is 3. The number of benzene rings is 3. The van der Waals surface area contributed by atoms with Crippen LogP contribution in [0.25, 0.3) is 10.8 Å². The number of amides is 2. The van der Waals surface area contributed by atoms with E-state index in [2.05, 4.69) is 25.3 Å².